The highest BCUT2D eigenvalue weighted by Gasteiger charge is 2.18. The van der Waals surface area contributed by atoms with Gasteiger partial charge in [0.2, 0.25) is 0 Å². The van der Waals surface area contributed by atoms with Gasteiger partial charge in [0.15, 0.2) is 2.14 Å². The number of halogens is 3. The van der Waals surface area contributed by atoms with E-state index in [1.807, 2.05) is 0 Å². The van der Waals surface area contributed by atoms with Gasteiger partial charge in [-0.1, -0.05) is 47.8 Å². The Morgan fingerprint density at radius 3 is 2.45 bits per heavy atom. The van der Waals surface area contributed by atoms with E-state index in [1.54, 1.807) is 6.92 Å². The van der Waals surface area contributed by atoms with Crippen LogP contribution in [0.4, 0.5) is 4.79 Å². The number of hydrogen-bond acceptors (Lipinski definition) is 2. The highest BCUT2D eigenvalue weighted by molar-refractivity contribution is 9.39. The Kier molecular flexibility index (Phi) is 5.72. The van der Waals surface area contributed by atoms with Gasteiger partial charge in [-0.2, -0.15) is 0 Å². The molecule has 0 bridgehead atoms. The van der Waals surface area contributed by atoms with Crippen LogP contribution < -0.4 is 5.32 Å². The Morgan fingerprint density at radius 1 is 1.55 bits per heavy atom. The Bertz CT molecular complexity index is 134. The predicted octanol–water partition coefficient (Wildman–Crippen LogP) is 2.57. The van der Waals surface area contributed by atoms with Crippen molar-refractivity contribution >= 4 is 53.9 Å². The monoisotopic (exact) mass is 351 g/mol. The molecule has 66 valence electrons. The van der Waals surface area contributed by atoms with Crippen LogP contribution in [-0.2, 0) is 4.74 Å². The minimum absolute atomic E-state index is 0.381. The first kappa shape index (κ1) is 11.7. The molecule has 0 aliphatic rings. The largest absolute Gasteiger partial charge is 0.450 e. The third-order valence-corrected chi connectivity index (χ3v) is 1.55. The second kappa shape index (κ2) is 5.37. The van der Waals surface area contributed by atoms with Crippen molar-refractivity contribution in [1.29, 1.82) is 0 Å². The second-order valence-corrected chi connectivity index (χ2v) is 8.94. The minimum Gasteiger partial charge on any atom is -0.450 e. The molecule has 0 aromatic carbocycles. The normalized spacial score (nSPS) is 10.9. The number of nitrogens with one attached hydrogen (secondary N) is 1. The van der Waals surface area contributed by atoms with E-state index in [9.17, 15) is 4.79 Å². The van der Waals surface area contributed by atoms with E-state index in [1.165, 1.54) is 0 Å². The van der Waals surface area contributed by atoms with Crippen LogP contribution >= 0.6 is 47.8 Å². The summed E-state index contributed by atoms with van der Waals surface area (Å²) in [6, 6.07) is 0. The number of rotatable bonds is 2. The number of amides is 1. The summed E-state index contributed by atoms with van der Waals surface area (Å²) in [5.74, 6) is 0. The zero-order valence-electron chi connectivity index (χ0n) is 5.86. The van der Waals surface area contributed by atoms with Crippen molar-refractivity contribution < 1.29 is 9.53 Å². The van der Waals surface area contributed by atoms with Crippen LogP contribution in [0.3, 0.4) is 0 Å². The summed E-state index contributed by atoms with van der Waals surface area (Å²) >= 11 is 9.66. The molecule has 0 aliphatic heterocycles. The molecule has 1 amide bonds. The summed E-state index contributed by atoms with van der Waals surface area (Å²) < 4.78 is 4.18. The molecule has 0 aromatic heterocycles. The number of alkyl carbamates (subject to hydrolysis) is 1. The summed E-state index contributed by atoms with van der Waals surface area (Å²) in [6.07, 6.45) is -0.421. The van der Waals surface area contributed by atoms with E-state index < -0.39 is 8.24 Å². The van der Waals surface area contributed by atoms with Crippen molar-refractivity contribution in [1.82, 2.24) is 5.32 Å². The van der Waals surface area contributed by atoms with E-state index in [0.717, 1.165) is 0 Å². The van der Waals surface area contributed by atoms with Crippen molar-refractivity contribution in [3.05, 3.63) is 0 Å². The Morgan fingerprint density at radius 2 is 2.09 bits per heavy atom. The van der Waals surface area contributed by atoms with Crippen LogP contribution in [0.15, 0.2) is 0 Å². The van der Waals surface area contributed by atoms with Crippen LogP contribution in [0.5, 0.6) is 0 Å². The number of carbonyl (C=O) groups excluding carboxylic acids is 1. The zero-order valence-corrected chi connectivity index (χ0v) is 10.6. The Labute approximate surface area is 90.6 Å². The molecule has 0 radical (unpaired) electrons. The van der Waals surface area contributed by atoms with Gasteiger partial charge in [-0.15, -0.1) is 0 Å². The average molecular weight is 354 g/mol. The smallest absolute Gasteiger partial charge is 0.407 e. The molecule has 0 saturated heterocycles. The topological polar surface area (TPSA) is 38.3 Å². The molecule has 11 heavy (non-hydrogen) atoms. The zero-order chi connectivity index (χ0) is 8.91. The van der Waals surface area contributed by atoms with Gasteiger partial charge in [0, 0.05) is 0 Å². The maximum absolute atomic E-state index is 10.7. The third-order valence-electron chi connectivity index (χ3n) is 0.709. The van der Waals surface area contributed by atoms with Crippen LogP contribution in [0.2, 0.25) is 0 Å². The van der Waals surface area contributed by atoms with Gasteiger partial charge >= 0.3 is 6.09 Å². The molecule has 0 aliphatic carbocycles. The number of carbonyl (C=O) groups is 1. The summed E-state index contributed by atoms with van der Waals surface area (Å²) in [4.78, 5) is 10.7. The lowest BCUT2D eigenvalue weighted by molar-refractivity contribution is 0.152. The fraction of sp³-hybridized carbons (Fsp3) is 0.800. The van der Waals surface area contributed by atoms with E-state index in [0.29, 0.717) is 13.2 Å². The summed E-state index contributed by atoms with van der Waals surface area (Å²) in [5, 5.41) is 2.52. The molecule has 0 atom stereocenters. The van der Waals surface area contributed by atoms with E-state index in [-0.39, 0.29) is 0 Å². The van der Waals surface area contributed by atoms with Gasteiger partial charge in [0.25, 0.3) is 0 Å². The van der Waals surface area contributed by atoms with Crippen LogP contribution in [0.25, 0.3) is 0 Å². The van der Waals surface area contributed by atoms with Crippen LogP contribution in [0.1, 0.15) is 6.92 Å². The lowest BCUT2D eigenvalue weighted by Gasteiger charge is -2.12. The van der Waals surface area contributed by atoms with Crippen LogP contribution in [-0.4, -0.2) is 21.4 Å². The molecule has 0 heterocycles. The van der Waals surface area contributed by atoms with Gasteiger partial charge in [-0.05, 0) is 6.92 Å². The van der Waals surface area contributed by atoms with Crippen LogP contribution in [0, 0.1) is 0 Å². The summed E-state index contributed by atoms with van der Waals surface area (Å²) in [6.45, 7) is 2.53. The summed E-state index contributed by atoms with van der Waals surface area (Å²) in [5.41, 5.74) is 0. The fourth-order valence-corrected chi connectivity index (χ4v) is 0.775. The van der Waals surface area contributed by atoms with Gasteiger partial charge < -0.3 is 10.1 Å². The molecule has 0 spiro atoms. The van der Waals surface area contributed by atoms with Crippen molar-refractivity contribution in [3.63, 3.8) is 0 Å². The van der Waals surface area contributed by atoms with E-state index in [4.69, 9.17) is 0 Å². The van der Waals surface area contributed by atoms with E-state index >= 15 is 0 Å². The molecule has 3 nitrogen and oxygen atoms in total. The highest BCUT2D eigenvalue weighted by atomic mass is 80.0. The molecule has 0 unspecified atom stereocenters. The first-order chi connectivity index (χ1) is 4.95. The van der Waals surface area contributed by atoms with Gasteiger partial charge in [-0.25, -0.2) is 4.79 Å². The molecule has 1 N–H and O–H groups in total. The fourth-order valence-electron chi connectivity index (χ4n) is 0.355. The summed E-state index contributed by atoms with van der Waals surface area (Å²) in [7, 11) is 0. The molecular weight excluding hydrogens is 346 g/mol. The molecular formula is C5H8Br3NO2. The highest BCUT2D eigenvalue weighted by Crippen LogP contribution is 2.32. The first-order valence-electron chi connectivity index (χ1n) is 2.93. The molecule has 0 fully saturated rings. The van der Waals surface area contributed by atoms with Crippen molar-refractivity contribution in [3.8, 4) is 0 Å². The minimum atomic E-state index is -0.445. The maximum atomic E-state index is 10.7. The standard InChI is InChI=1S/C5H8Br3NO2/c1-2-11-4(10)9-3-5(6,7)8/h2-3H2,1H3,(H,9,10). The second-order valence-electron chi connectivity index (χ2n) is 1.69. The molecule has 6 heteroatoms. The predicted molar refractivity (Wildman–Crippen MR) is 54.5 cm³/mol. The Hall–Kier alpha value is 0.710. The average Bonchev–Trinajstić information content (AvgIpc) is 1.83. The third kappa shape index (κ3) is 8.62. The van der Waals surface area contributed by atoms with Gasteiger partial charge in [0.05, 0.1) is 13.2 Å². The lowest BCUT2D eigenvalue weighted by atomic mass is 10.7. The first-order valence-corrected chi connectivity index (χ1v) is 5.31. The lowest BCUT2D eigenvalue weighted by Crippen LogP contribution is -2.31. The van der Waals surface area contributed by atoms with Crippen molar-refractivity contribution in [2.24, 2.45) is 0 Å². The van der Waals surface area contributed by atoms with Gasteiger partial charge in [-0.3, -0.25) is 0 Å². The van der Waals surface area contributed by atoms with Crippen molar-refractivity contribution in [2.75, 3.05) is 13.2 Å². The quantitative estimate of drug-likeness (QED) is 0.775. The number of alkyl halides is 3. The molecule has 0 rings (SSSR count). The van der Waals surface area contributed by atoms with Crippen molar-refractivity contribution in [2.45, 2.75) is 9.07 Å². The van der Waals surface area contributed by atoms with E-state index in [2.05, 4.69) is 57.8 Å². The number of ether oxygens (including phenoxy) is 1. The Balaban J connectivity index is 3.46. The number of hydrogen-bond donors (Lipinski definition) is 1. The van der Waals surface area contributed by atoms with Gasteiger partial charge in [0.1, 0.15) is 0 Å². The SMILES string of the molecule is CCOC(=O)NCC(Br)(Br)Br. The molecule has 0 aromatic rings. The molecule has 0 saturated carbocycles. The maximum Gasteiger partial charge on any atom is 0.407 e.